The van der Waals surface area contributed by atoms with Crippen LogP contribution in [-0.2, 0) is 0 Å². The SMILES string of the molecule is CCC(O)(CC)C1(CN)CCCC(C)C1. The lowest BCUT2D eigenvalue weighted by atomic mass is 9.59. The Labute approximate surface area is 94.2 Å². The van der Waals surface area contributed by atoms with Gasteiger partial charge in [0.2, 0.25) is 0 Å². The van der Waals surface area contributed by atoms with E-state index < -0.39 is 5.60 Å². The van der Waals surface area contributed by atoms with Gasteiger partial charge in [-0.1, -0.05) is 33.6 Å². The van der Waals surface area contributed by atoms with E-state index in [1.807, 2.05) is 0 Å². The van der Waals surface area contributed by atoms with E-state index in [9.17, 15) is 5.11 Å². The zero-order chi connectivity index (χ0) is 11.5. The van der Waals surface area contributed by atoms with Crippen LogP contribution >= 0.6 is 0 Å². The third-order valence-corrected chi connectivity index (χ3v) is 4.64. The van der Waals surface area contributed by atoms with E-state index in [2.05, 4.69) is 20.8 Å². The second-order valence-corrected chi connectivity index (χ2v) is 5.42. The summed E-state index contributed by atoms with van der Waals surface area (Å²) in [7, 11) is 0. The number of hydrogen-bond acceptors (Lipinski definition) is 2. The van der Waals surface area contributed by atoms with Crippen molar-refractivity contribution in [3.63, 3.8) is 0 Å². The smallest absolute Gasteiger partial charge is 0.0710 e. The van der Waals surface area contributed by atoms with Gasteiger partial charge in [-0.25, -0.2) is 0 Å². The monoisotopic (exact) mass is 213 g/mol. The Morgan fingerprint density at radius 3 is 2.40 bits per heavy atom. The lowest BCUT2D eigenvalue weighted by molar-refractivity contribution is -0.112. The first-order valence-corrected chi connectivity index (χ1v) is 6.46. The Kier molecular flexibility index (Phi) is 4.19. The summed E-state index contributed by atoms with van der Waals surface area (Å²) in [5, 5.41) is 10.7. The highest BCUT2D eigenvalue weighted by atomic mass is 16.3. The average Bonchev–Trinajstić information content (AvgIpc) is 2.27. The first kappa shape index (κ1) is 13.0. The highest BCUT2D eigenvalue weighted by molar-refractivity contribution is 5.00. The van der Waals surface area contributed by atoms with Crippen molar-refractivity contribution >= 4 is 0 Å². The molecule has 1 fully saturated rings. The minimum absolute atomic E-state index is 0.0197. The van der Waals surface area contributed by atoms with Crippen molar-refractivity contribution in [3.05, 3.63) is 0 Å². The van der Waals surface area contributed by atoms with Crippen molar-refractivity contribution in [3.8, 4) is 0 Å². The van der Waals surface area contributed by atoms with Crippen LogP contribution in [0.25, 0.3) is 0 Å². The summed E-state index contributed by atoms with van der Waals surface area (Å²) in [4.78, 5) is 0. The quantitative estimate of drug-likeness (QED) is 0.754. The molecule has 0 amide bonds. The fourth-order valence-corrected chi connectivity index (χ4v) is 3.46. The molecule has 0 aromatic rings. The lowest BCUT2D eigenvalue weighted by Gasteiger charge is -2.50. The fraction of sp³-hybridized carbons (Fsp3) is 1.00. The Balaban J connectivity index is 2.91. The van der Waals surface area contributed by atoms with Crippen LogP contribution in [0.5, 0.6) is 0 Å². The molecule has 0 radical (unpaired) electrons. The molecule has 2 heteroatoms. The summed E-state index contributed by atoms with van der Waals surface area (Å²) >= 11 is 0. The molecule has 0 spiro atoms. The van der Waals surface area contributed by atoms with Crippen LogP contribution < -0.4 is 5.73 Å². The number of nitrogens with two attached hydrogens (primary N) is 1. The zero-order valence-corrected chi connectivity index (χ0v) is 10.6. The second kappa shape index (κ2) is 4.84. The van der Waals surface area contributed by atoms with Crippen molar-refractivity contribution < 1.29 is 5.11 Å². The number of rotatable bonds is 4. The summed E-state index contributed by atoms with van der Waals surface area (Å²) in [5.74, 6) is 0.715. The van der Waals surface area contributed by atoms with Crippen molar-refractivity contribution in [1.29, 1.82) is 0 Å². The second-order valence-electron chi connectivity index (χ2n) is 5.42. The van der Waals surface area contributed by atoms with Crippen LogP contribution in [0.3, 0.4) is 0 Å². The molecule has 90 valence electrons. The molecule has 3 N–H and O–H groups in total. The molecule has 0 heterocycles. The molecule has 0 aliphatic heterocycles. The first-order valence-electron chi connectivity index (χ1n) is 6.46. The maximum absolute atomic E-state index is 10.7. The molecule has 2 atom stereocenters. The Bertz CT molecular complexity index is 201. The van der Waals surface area contributed by atoms with Gasteiger partial charge >= 0.3 is 0 Å². The first-order chi connectivity index (χ1) is 7.03. The average molecular weight is 213 g/mol. The van der Waals surface area contributed by atoms with Crippen LogP contribution in [0.15, 0.2) is 0 Å². The minimum atomic E-state index is -0.545. The summed E-state index contributed by atoms with van der Waals surface area (Å²) in [5.41, 5.74) is 5.41. The molecule has 0 bridgehead atoms. The van der Waals surface area contributed by atoms with E-state index in [-0.39, 0.29) is 5.41 Å². The van der Waals surface area contributed by atoms with Crippen LogP contribution in [-0.4, -0.2) is 17.3 Å². The molecule has 1 aliphatic carbocycles. The predicted octanol–water partition coefficient (Wildman–Crippen LogP) is 2.69. The van der Waals surface area contributed by atoms with Gasteiger partial charge in [0.05, 0.1) is 5.60 Å². The molecular formula is C13H27NO. The van der Waals surface area contributed by atoms with Crippen LogP contribution in [0, 0.1) is 11.3 Å². The zero-order valence-electron chi connectivity index (χ0n) is 10.6. The predicted molar refractivity (Wildman–Crippen MR) is 64.7 cm³/mol. The fourth-order valence-electron chi connectivity index (χ4n) is 3.46. The van der Waals surface area contributed by atoms with Gasteiger partial charge in [0.25, 0.3) is 0 Å². The standard InChI is InChI=1S/C13H27NO/c1-4-13(15,5-2)12(10-14)8-6-7-11(3)9-12/h11,15H,4-10,14H2,1-3H3. The summed E-state index contributed by atoms with van der Waals surface area (Å²) in [6.45, 7) is 7.09. The molecular weight excluding hydrogens is 186 g/mol. The molecule has 0 saturated heterocycles. The maximum atomic E-state index is 10.7. The third kappa shape index (κ3) is 2.21. The highest BCUT2D eigenvalue weighted by Gasteiger charge is 2.48. The Morgan fingerprint density at radius 2 is 2.00 bits per heavy atom. The highest BCUT2D eigenvalue weighted by Crippen LogP contribution is 2.48. The van der Waals surface area contributed by atoms with Gasteiger partial charge in [-0.3, -0.25) is 0 Å². The van der Waals surface area contributed by atoms with E-state index in [4.69, 9.17) is 5.73 Å². The van der Waals surface area contributed by atoms with E-state index >= 15 is 0 Å². The Morgan fingerprint density at radius 1 is 1.40 bits per heavy atom. The van der Waals surface area contributed by atoms with Crippen molar-refractivity contribution in [2.24, 2.45) is 17.1 Å². The van der Waals surface area contributed by atoms with Crippen LogP contribution in [0.4, 0.5) is 0 Å². The van der Waals surface area contributed by atoms with Crippen LogP contribution in [0.1, 0.15) is 59.3 Å². The summed E-state index contributed by atoms with van der Waals surface area (Å²) in [6, 6.07) is 0. The number of hydrogen-bond donors (Lipinski definition) is 2. The number of aliphatic hydroxyl groups is 1. The molecule has 2 nitrogen and oxygen atoms in total. The minimum Gasteiger partial charge on any atom is -0.389 e. The van der Waals surface area contributed by atoms with E-state index in [0.717, 1.165) is 25.7 Å². The summed E-state index contributed by atoms with van der Waals surface area (Å²) in [6.07, 6.45) is 6.38. The molecule has 1 rings (SSSR count). The molecule has 1 aliphatic rings. The van der Waals surface area contributed by atoms with Gasteiger partial charge < -0.3 is 10.8 Å². The van der Waals surface area contributed by atoms with Gasteiger partial charge in [0.15, 0.2) is 0 Å². The summed E-state index contributed by atoms with van der Waals surface area (Å²) < 4.78 is 0. The van der Waals surface area contributed by atoms with Crippen molar-refractivity contribution in [2.75, 3.05) is 6.54 Å². The lowest BCUT2D eigenvalue weighted by Crippen LogP contribution is -2.54. The molecule has 15 heavy (non-hydrogen) atoms. The van der Waals surface area contributed by atoms with Crippen molar-refractivity contribution in [2.45, 2.75) is 64.9 Å². The molecule has 0 aromatic carbocycles. The van der Waals surface area contributed by atoms with E-state index in [0.29, 0.717) is 12.5 Å². The Hall–Kier alpha value is -0.0800. The van der Waals surface area contributed by atoms with E-state index in [1.54, 1.807) is 0 Å². The molecule has 0 aromatic heterocycles. The maximum Gasteiger partial charge on any atom is 0.0710 e. The van der Waals surface area contributed by atoms with Gasteiger partial charge in [-0.05, 0) is 31.6 Å². The van der Waals surface area contributed by atoms with Gasteiger partial charge in [0.1, 0.15) is 0 Å². The topological polar surface area (TPSA) is 46.2 Å². The van der Waals surface area contributed by atoms with Crippen LogP contribution in [0.2, 0.25) is 0 Å². The normalized spacial score (nSPS) is 33.0. The molecule has 2 unspecified atom stereocenters. The van der Waals surface area contributed by atoms with Crippen molar-refractivity contribution in [1.82, 2.24) is 0 Å². The largest absolute Gasteiger partial charge is 0.389 e. The molecule has 1 saturated carbocycles. The van der Waals surface area contributed by atoms with Gasteiger partial charge in [-0.2, -0.15) is 0 Å². The van der Waals surface area contributed by atoms with E-state index in [1.165, 1.54) is 12.8 Å². The third-order valence-electron chi connectivity index (χ3n) is 4.64. The van der Waals surface area contributed by atoms with Gasteiger partial charge in [0, 0.05) is 12.0 Å². The van der Waals surface area contributed by atoms with Gasteiger partial charge in [-0.15, -0.1) is 0 Å².